The molecule has 1 aliphatic heterocycles. The molecular formula is C21H35IN6O2. The first-order chi connectivity index (χ1) is 14.2. The maximum absolute atomic E-state index is 12.1. The number of ether oxygens (including phenoxy) is 1. The number of rotatable bonds is 7. The highest BCUT2D eigenvalue weighted by Gasteiger charge is 2.38. The Morgan fingerprint density at radius 3 is 2.57 bits per heavy atom. The Morgan fingerprint density at radius 1 is 1.17 bits per heavy atom. The van der Waals surface area contributed by atoms with Crippen LogP contribution in [0.4, 0.5) is 0 Å². The van der Waals surface area contributed by atoms with Crippen LogP contribution in [0.5, 0.6) is 0 Å². The van der Waals surface area contributed by atoms with Crippen molar-refractivity contribution < 1.29 is 9.53 Å². The summed E-state index contributed by atoms with van der Waals surface area (Å²) in [4.78, 5) is 23.0. The van der Waals surface area contributed by atoms with Crippen molar-refractivity contribution in [1.29, 1.82) is 0 Å². The highest BCUT2D eigenvalue weighted by Crippen LogP contribution is 2.33. The number of nitrogens with one attached hydrogen (secondary N) is 3. The summed E-state index contributed by atoms with van der Waals surface area (Å²) in [6, 6.07) is 3.51. The lowest BCUT2D eigenvalue weighted by atomic mass is 9.80. The fourth-order valence-electron chi connectivity index (χ4n) is 4.28. The fraction of sp³-hybridized carbons (Fsp3) is 0.667. The predicted octanol–water partition coefficient (Wildman–Crippen LogP) is 1.63. The second-order valence-corrected chi connectivity index (χ2v) is 7.73. The van der Waals surface area contributed by atoms with Crippen molar-refractivity contribution in [1.82, 2.24) is 25.8 Å². The Morgan fingerprint density at radius 2 is 1.90 bits per heavy atom. The highest BCUT2D eigenvalue weighted by atomic mass is 127. The van der Waals surface area contributed by atoms with Crippen LogP contribution in [0.15, 0.2) is 29.5 Å². The van der Waals surface area contributed by atoms with Gasteiger partial charge >= 0.3 is 0 Å². The fourth-order valence-corrected chi connectivity index (χ4v) is 4.28. The van der Waals surface area contributed by atoms with Gasteiger partial charge in [0.05, 0.1) is 18.8 Å². The summed E-state index contributed by atoms with van der Waals surface area (Å²) in [7, 11) is 1.78. The van der Waals surface area contributed by atoms with E-state index >= 15 is 0 Å². The molecule has 2 aliphatic rings. The summed E-state index contributed by atoms with van der Waals surface area (Å²) in [5, 5.41) is 9.73. The van der Waals surface area contributed by atoms with Crippen LogP contribution in [-0.2, 0) is 4.74 Å². The minimum absolute atomic E-state index is 0. The zero-order valence-electron chi connectivity index (χ0n) is 17.9. The molecule has 2 fully saturated rings. The SMILES string of the molecule is CN=C(NCCNC(=O)c1cccnc1)NCC1(N2CCOCC2)CCCCC1.I. The molecule has 3 N–H and O–H groups in total. The summed E-state index contributed by atoms with van der Waals surface area (Å²) >= 11 is 0. The standard InChI is InChI=1S/C21H34N6O2.HI/c1-22-20(25-11-10-24-19(28)18-6-5-9-23-16-18)26-17-21(7-3-2-4-8-21)27-12-14-29-15-13-27;/h5-6,9,16H,2-4,7-8,10-15,17H2,1H3,(H,24,28)(H2,22,25,26);1H. The van der Waals surface area contributed by atoms with Crippen LogP contribution in [0.25, 0.3) is 0 Å². The molecule has 0 atom stereocenters. The van der Waals surface area contributed by atoms with E-state index in [1.54, 1.807) is 31.6 Å². The lowest BCUT2D eigenvalue weighted by Crippen LogP contribution is -2.60. The van der Waals surface area contributed by atoms with Crippen molar-refractivity contribution in [2.24, 2.45) is 4.99 Å². The second-order valence-electron chi connectivity index (χ2n) is 7.73. The number of aromatic nitrogens is 1. The van der Waals surface area contributed by atoms with Crippen LogP contribution in [0.1, 0.15) is 42.5 Å². The highest BCUT2D eigenvalue weighted by molar-refractivity contribution is 14.0. The van der Waals surface area contributed by atoms with Crippen molar-refractivity contribution in [3.63, 3.8) is 0 Å². The van der Waals surface area contributed by atoms with E-state index < -0.39 is 0 Å². The van der Waals surface area contributed by atoms with E-state index in [-0.39, 0.29) is 35.4 Å². The van der Waals surface area contributed by atoms with Crippen molar-refractivity contribution >= 4 is 35.8 Å². The van der Waals surface area contributed by atoms with E-state index in [1.165, 1.54) is 32.1 Å². The van der Waals surface area contributed by atoms with Gasteiger partial charge in [0.25, 0.3) is 5.91 Å². The molecule has 1 aromatic rings. The molecule has 3 rings (SSSR count). The van der Waals surface area contributed by atoms with Crippen LogP contribution in [-0.4, -0.2) is 80.3 Å². The van der Waals surface area contributed by atoms with Gasteiger partial charge in [-0.25, -0.2) is 0 Å². The second kappa shape index (κ2) is 13.1. The van der Waals surface area contributed by atoms with Crippen LogP contribution in [0.3, 0.4) is 0 Å². The average molecular weight is 530 g/mol. The van der Waals surface area contributed by atoms with Crippen molar-refractivity contribution in [3.05, 3.63) is 30.1 Å². The molecule has 0 spiro atoms. The Kier molecular flexibility index (Phi) is 10.8. The Balaban J connectivity index is 0.00000320. The van der Waals surface area contributed by atoms with Gasteiger partial charge in [-0.05, 0) is 25.0 Å². The van der Waals surface area contributed by atoms with Crippen molar-refractivity contribution in [2.75, 3.05) is 53.0 Å². The number of amides is 1. The molecule has 1 aromatic heterocycles. The minimum atomic E-state index is -0.115. The van der Waals surface area contributed by atoms with Gasteiger partial charge in [-0.3, -0.25) is 19.7 Å². The number of carbonyl (C=O) groups excluding carboxylic acids is 1. The first-order valence-electron chi connectivity index (χ1n) is 10.7. The molecule has 0 unspecified atom stereocenters. The van der Waals surface area contributed by atoms with Crippen molar-refractivity contribution in [3.8, 4) is 0 Å². The number of guanidine groups is 1. The molecule has 0 aromatic carbocycles. The third kappa shape index (κ3) is 7.05. The number of halogens is 1. The summed E-state index contributed by atoms with van der Waals surface area (Å²) in [5.74, 6) is 0.662. The number of pyridine rings is 1. The summed E-state index contributed by atoms with van der Waals surface area (Å²) in [5.41, 5.74) is 0.758. The number of hydrogen-bond donors (Lipinski definition) is 3. The lowest BCUT2D eigenvalue weighted by molar-refractivity contribution is -0.0352. The summed E-state index contributed by atoms with van der Waals surface area (Å²) in [6.07, 6.45) is 9.56. The summed E-state index contributed by atoms with van der Waals surface area (Å²) < 4.78 is 5.56. The van der Waals surface area contributed by atoms with Gasteiger partial charge in [-0.2, -0.15) is 0 Å². The van der Waals surface area contributed by atoms with E-state index in [4.69, 9.17) is 4.74 Å². The zero-order valence-corrected chi connectivity index (χ0v) is 20.2. The maximum atomic E-state index is 12.1. The monoisotopic (exact) mass is 530 g/mol. The molecule has 1 saturated heterocycles. The zero-order chi connectivity index (χ0) is 20.4. The van der Waals surface area contributed by atoms with E-state index in [0.717, 1.165) is 38.8 Å². The number of carbonyl (C=O) groups is 1. The number of aliphatic imine (C=N–C) groups is 1. The number of morpholine rings is 1. The number of nitrogens with zero attached hydrogens (tertiary/aromatic N) is 3. The van der Waals surface area contributed by atoms with Gasteiger partial charge in [0.1, 0.15) is 0 Å². The van der Waals surface area contributed by atoms with E-state index in [9.17, 15) is 4.79 Å². The molecule has 1 amide bonds. The molecule has 9 heteroatoms. The summed E-state index contributed by atoms with van der Waals surface area (Å²) in [6.45, 7) is 5.67. The first kappa shape index (κ1) is 24.8. The van der Waals surface area contributed by atoms with Gasteiger partial charge in [-0.1, -0.05) is 19.3 Å². The topological polar surface area (TPSA) is 90.9 Å². The van der Waals surface area contributed by atoms with E-state index in [0.29, 0.717) is 18.7 Å². The van der Waals surface area contributed by atoms with E-state index in [1.807, 2.05) is 0 Å². The van der Waals surface area contributed by atoms with Gasteiger partial charge < -0.3 is 20.7 Å². The normalized spacial score (nSPS) is 19.4. The van der Waals surface area contributed by atoms with Crippen LogP contribution in [0.2, 0.25) is 0 Å². The molecule has 2 heterocycles. The molecular weight excluding hydrogens is 495 g/mol. The van der Waals surface area contributed by atoms with Crippen molar-refractivity contribution in [2.45, 2.75) is 37.6 Å². The molecule has 0 radical (unpaired) electrons. The minimum Gasteiger partial charge on any atom is -0.379 e. The third-order valence-corrected chi connectivity index (χ3v) is 5.90. The van der Waals surface area contributed by atoms with E-state index in [2.05, 4.69) is 30.8 Å². The van der Waals surface area contributed by atoms with Gasteiger partial charge in [-0.15, -0.1) is 24.0 Å². The predicted molar refractivity (Wildman–Crippen MR) is 130 cm³/mol. The molecule has 1 saturated carbocycles. The number of hydrogen-bond acceptors (Lipinski definition) is 5. The molecule has 1 aliphatic carbocycles. The largest absolute Gasteiger partial charge is 0.379 e. The molecule has 0 bridgehead atoms. The molecule has 168 valence electrons. The van der Waals surface area contributed by atoms with Crippen LogP contribution in [0, 0.1) is 0 Å². The third-order valence-electron chi connectivity index (χ3n) is 5.90. The molecule has 8 nitrogen and oxygen atoms in total. The Bertz CT molecular complexity index is 661. The quantitative estimate of drug-likeness (QED) is 0.215. The van der Waals surface area contributed by atoms with Crippen LogP contribution < -0.4 is 16.0 Å². The lowest BCUT2D eigenvalue weighted by Gasteiger charge is -2.48. The maximum Gasteiger partial charge on any atom is 0.252 e. The Labute approximate surface area is 196 Å². The Hall–Kier alpha value is -1.46. The first-order valence-corrected chi connectivity index (χ1v) is 10.7. The van der Waals surface area contributed by atoms with Gasteiger partial charge in [0, 0.05) is 57.7 Å². The van der Waals surface area contributed by atoms with Gasteiger partial charge in [0.2, 0.25) is 0 Å². The van der Waals surface area contributed by atoms with Gasteiger partial charge in [0.15, 0.2) is 5.96 Å². The smallest absolute Gasteiger partial charge is 0.252 e. The molecule has 30 heavy (non-hydrogen) atoms. The average Bonchev–Trinajstić information content (AvgIpc) is 2.80. The van der Waals surface area contributed by atoms with Crippen LogP contribution >= 0.6 is 24.0 Å².